The highest BCUT2D eigenvalue weighted by molar-refractivity contribution is 6.36. The molecule has 1 N–H and O–H groups in total. The highest BCUT2D eigenvalue weighted by Gasteiger charge is 2.39. The van der Waals surface area contributed by atoms with Crippen LogP contribution in [0.25, 0.3) is 5.57 Å². The summed E-state index contributed by atoms with van der Waals surface area (Å²) in [5.74, 6) is -0.659. The van der Waals surface area contributed by atoms with Gasteiger partial charge in [-0.25, -0.2) is 0 Å². The molecule has 1 aliphatic heterocycles. The second-order valence-electron chi connectivity index (χ2n) is 7.89. The maximum absolute atomic E-state index is 13.4. The average Bonchev–Trinajstić information content (AvgIpc) is 2.97. The van der Waals surface area contributed by atoms with E-state index in [1.54, 1.807) is 6.07 Å². The molecule has 0 aromatic heterocycles. The average molecular weight is 431 g/mol. The molecule has 0 bridgehead atoms. The predicted molar refractivity (Wildman–Crippen MR) is 125 cm³/mol. The van der Waals surface area contributed by atoms with Crippen LogP contribution in [-0.2, 0) is 16.1 Å². The van der Waals surface area contributed by atoms with Crippen LogP contribution in [0.4, 0.5) is 5.69 Å². The third-order valence-electron chi connectivity index (χ3n) is 5.41. The molecular weight excluding hydrogens is 408 g/mol. The Balaban J connectivity index is 1.74. The van der Waals surface area contributed by atoms with Gasteiger partial charge in [0.2, 0.25) is 0 Å². The summed E-state index contributed by atoms with van der Waals surface area (Å²) in [4.78, 5) is 28.0. The number of rotatable bonds is 5. The van der Waals surface area contributed by atoms with Gasteiger partial charge in [-0.2, -0.15) is 0 Å². The minimum atomic E-state index is -0.349. The molecule has 2 amide bonds. The molecular formula is C26H23ClN2O2. The Morgan fingerprint density at radius 1 is 0.806 bits per heavy atom. The molecule has 0 fully saturated rings. The van der Waals surface area contributed by atoms with E-state index in [2.05, 4.69) is 5.32 Å². The first-order valence-electron chi connectivity index (χ1n) is 10.1. The molecule has 4 rings (SSSR count). The van der Waals surface area contributed by atoms with Gasteiger partial charge in [0.05, 0.1) is 12.1 Å². The van der Waals surface area contributed by atoms with Crippen molar-refractivity contribution in [2.75, 3.05) is 5.32 Å². The lowest BCUT2D eigenvalue weighted by molar-refractivity contribution is -0.137. The van der Waals surface area contributed by atoms with Gasteiger partial charge in [-0.1, -0.05) is 77.3 Å². The molecule has 1 heterocycles. The molecule has 156 valence electrons. The van der Waals surface area contributed by atoms with Crippen molar-refractivity contribution in [2.24, 2.45) is 0 Å². The van der Waals surface area contributed by atoms with Crippen molar-refractivity contribution in [3.63, 3.8) is 0 Å². The number of imide groups is 1. The lowest BCUT2D eigenvalue weighted by Crippen LogP contribution is -2.32. The van der Waals surface area contributed by atoms with Crippen molar-refractivity contribution in [1.82, 2.24) is 4.90 Å². The number of nitrogens with zero attached hydrogens (tertiary/aromatic N) is 1. The fourth-order valence-electron chi connectivity index (χ4n) is 3.51. The summed E-state index contributed by atoms with van der Waals surface area (Å²) < 4.78 is 0. The van der Waals surface area contributed by atoms with Gasteiger partial charge < -0.3 is 5.32 Å². The number of carbonyl (C=O) groups is 2. The minimum Gasteiger partial charge on any atom is -0.350 e. The first-order valence-corrected chi connectivity index (χ1v) is 10.5. The topological polar surface area (TPSA) is 49.4 Å². The van der Waals surface area contributed by atoms with Crippen molar-refractivity contribution in [2.45, 2.75) is 27.3 Å². The van der Waals surface area contributed by atoms with Crippen LogP contribution in [-0.4, -0.2) is 16.7 Å². The monoisotopic (exact) mass is 430 g/mol. The zero-order valence-corrected chi connectivity index (χ0v) is 18.5. The summed E-state index contributed by atoms with van der Waals surface area (Å²) in [6, 6.07) is 20.9. The van der Waals surface area contributed by atoms with E-state index in [1.165, 1.54) is 4.90 Å². The molecule has 3 aromatic carbocycles. The van der Waals surface area contributed by atoms with Crippen LogP contribution in [0.3, 0.4) is 0 Å². The highest BCUT2D eigenvalue weighted by atomic mass is 35.5. The smallest absolute Gasteiger partial charge is 0.278 e. The van der Waals surface area contributed by atoms with E-state index in [0.29, 0.717) is 21.8 Å². The number of nitrogens with one attached hydrogen (secondary N) is 1. The number of hydrogen-bond donors (Lipinski definition) is 1. The second-order valence-corrected chi connectivity index (χ2v) is 8.29. The van der Waals surface area contributed by atoms with Crippen molar-refractivity contribution < 1.29 is 9.59 Å². The van der Waals surface area contributed by atoms with Crippen LogP contribution in [0, 0.1) is 20.8 Å². The van der Waals surface area contributed by atoms with Gasteiger partial charge in [0.15, 0.2) is 0 Å². The van der Waals surface area contributed by atoms with Gasteiger partial charge in [-0.3, -0.25) is 14.5 Å². The van der Waals surface area contributed by atoms with Crippen molar-refractivity contribution in [3.05, 3.63) is 105 Å². The summed E-state index contributed by atoms with van der Waals surface area (Å²) in [6.45, 7) is 6.11. The largest absolute Gasteiger partial charge is 0.350 e. The molecule has 4 nitrogen and oxygen atoms in total. The number of carbonyl (C=O) groups excluding carboxylic acids is 2. The Morgan fingerprint density at radius 3 is 2.03 bits per heavy atom. The van der Waals surface area contributed by atoms with Gasteiger partial charge in [-0.05, 0) is 49.6 Å². The number of aryl methyl sites for hydroxylation is 3. The van der Waals surface area contributed by atoms with Crippen molar-refractivity contribution in [3.8, 4) is 0 Å². The van der Waals surface area contributed by atoms with Crippen molar-refractivity contribution >= 4 is 34.7 Å². The van der Waals surface area contributed by atoms with E-state index in [-0.39, 0.29) is 24.1 Å². The Labute approximate surface area is 187 Å². The van der Waals surface area contributed by atoms with E-state index >= 15 is 0 Å². The lowest BCUT2D eigenvalue weighted by atomic mass is 10.0. The molecule has 0 radical (unpaired) electrons. The predicted octanol–water partition coefficient (Wildman–Crippen LogP) is 5.66. The molecule has 0 aliphatic carbocycles. The Morgan fingerprint density at radius 2 is 1.42 bits per heavy atom. The second kappa shape index (κ2) is 8.40. The molecule has 0 saturated heterocycles. The number of amides is 2. The maximum atomic E-state index is 13.4. The van der Waals surface area contributed by atoms with Gasteiger partial charge in [-0.15, -0.1) is 0 Å². The molecule has 0 saturated carbocycles. The summed E-state index contributed by atoms with van der Waals surface area (Å²) in [6.07, 6.45) is 0. The van der Waals surface area contributed by atoms with E-state index in [0.717, 1.165) is 22.3 Å². The zero-order valence-electron chi connectivity index (χ0n) is 17.7. The standard InChI is InChI=1S/C26H23ClN2O2/c1-16-4-9-19(10-5-16)15-29-25(30)23(20-11-6-17(2)7-12-20)24(26(29)31)28-21-13-8-18(3)22(27)14-21/h4-14,28H,15H2,1-3H3. The van der Waals surface area contributed by atoms with Crippen LogP contribution in [0.15, 0.2) is 72.4 Å². The lowest BCUT2D eigenvalue weighted by Gasteiger charge is -2.16. The fraction of sp³-hybridized carbons (Fsp3) is 0.154. The number of halogens is 1. The molecule has 0 atom stereocenters. The first-order chi connectivity index (χ1) is 14.8. The van der Waals surface area contributed by atoms with E-state index in [4.69, 9.17) is 11.6 Å². The highest BCUT2D eigenvalue weighted by Crippen LogP contribution is 2.32. The normalized spacial score (nSPS) is 13.9. The van der Waals surface area contributed by atoms with Gasteiger partial charge in [0.25, 0.3) is 11.8 Å². The summed E-state index contributed by atoms with van der Waals surface area (Å²) in [5, 5.41) is 3.75. The third kappa shape index (κ3) is 4.25. The Bertz CT molecular complexity index is 1200. The zero-order chi connectivity index (χ0) is 22.1. The molecule has 5 heteroatoms. The van der Waals surface area contributed by atoms with Gasteiger partial charge in [0, 0.05) is 10.7 Å². The van der Waals surface area contributed by atoms with E-state index in [1.807, 2.05) is 81.4 Å². The number of hydrogen-bond acceptors (Lipinski definition) is 3. The van der Waals surface area contributed by atoms with Crippen LogP contribution in [0.2, 0.25) is 5.02 Å². The fourth-order valence-corrected chi connectivity index (χ4v) is 3.70. The quantitative estimate of drug-likeness (QED) is 0.531. The number of benzene rings is 3. The summed E-state index contributed by atoms with van der Waals surface area (Å²) in [5.41, 5.74) is 6.04. The van der Waals surface area contributed by atoms with Gasteiger partial charge >= 0.3 is 0 Å². The van der Waals surface area contributed by atoms with Crippen molar-refractivity contribution in [1.29, 1.82) is 0 Å². The van der Waals surface area contributed by atoms with E-state index in [9.17, 15) is 9.59 Å². The molecule has 3 aromatic rings. The molecule has 0 unspecified atom stereocenters. The summed E-state index contributed by atoms with van der Waals surface area (Å²) in [7, 11) is 0. The van der Waals surface area contributed by atoms with Crippen LogP contribution >= 0.6 is 11.6 Å². The van der Waals surface area contributed by atoms with E-state index < -0.39 is 0 Å². The van der Waals surface area contributed by atoms with Crippen LogP contribution in [0.5, 0.6) is 0 Å². The van der Waals surface area contributed by atoms with Gasteiger partial charge in [0.1, 0.15) is 5.70 Å². The number of anilines is 1. The van der Waals surface area contributed by atoms with Crippen LogP contribution in [0.1, 0.15) is 27.8 Å². The van der Waals surface area contributed by atoms with Crippen LogP contribution < -0.4 is 5.32 Å². The Kier molecular flexibility index (Phi) is 5.66. The summed E-state index contributed by atoms with van der Waals surface area (Å²) >= 11 is 6.27. The first kappa shape index (κ1) is 20.9. The third-order valence-corrected chi connectivity index (χ3v) is 5.82. The molecule has 0 spiro atoms. The molecule has 31 heavy (non-hydrogen) atoms. The minimum absolute atomic E-state index is 0.215. The Hall–Kier alpha value is -3.37. The SMILES string of the molecule is Cc1ccc(CN2C(=O)C(Nc3ccc(C)c(Cl)c3)=C(c3ccc(C)cc3)C2=O)cc1. The molecule has 1 aliphatic rings. The maximum Gasteiger partial charge on any atom is 0.278 e.